The second-order valence-corrected chi connectivity index (χ2v) is 5.07. The molecule has 1 saturated heterocycles. The Bertz CT molecular complexity index is 434. The Morgan fingerprint density at radius 2 is 2.26 bits per heavy atom. The highest BCUT2D eigenvalue weighted by molar-refractivity contribution is 5.95. The first-order valence-electron chi connectivity index (χ1n) is 6.91. The summed E-state index contributed by atoms with van der Waals surface area (Å²) in [5, 5.41) is 3.10. The third-order valence-corrected chi connectivity index (χ3v) is 3.50. The lowest BCUT2D eigenvalue weighted by atomic mass is 10.0. The standard InChI is InChI=1S/C15H22N2O2/c1-11-10-13(7-9-19-11)17-15(18)14-5-3-2-4-12(14)6-8-16/h2-5,11,13H,6-10,16H2,1H3,(H,17,18). The molecule has 4 nitrogen and oxygen atoms in total. The van der Waals surface area contributed by atoms with Crippen molar-refractivity contribution < 1.29 is 9.53 Å². The maximum absolute atomic E-state index is 12.3. The summed E-state index contributed by atoms with van der Waals surface area (Å²) >= 11 is 0. The van der Waals surface area contributed by atoms with E-state index in [-0.39, 0.29) is 18.1 Å². The van der Waals surface area contributed by atoms with Gasteiger partial charge in [0, 0.05) is 18.2 Å². The Morgan fingerprint density at radius 1 is 1.47 bits per heavy atom. The molecule has 1 amide bonds. The number of benzene rings is 1. The zero-order chi connectivity index (χ0) is 13.7. The number of nitrogens with two attached hydrogens (primary N) is 1. The minimum atomic E-state index is 0.00292. The van der Waals surface area contributed by atoms with Gasteiger partial charge < -0.3 is 15.8 Å². The monoisotopic (exact) mass is 262 g/mol. The summed E-state index contributed by atoms with van der Waals surface area (Å²) < 4.78 is 5.49. The summed E-state index contributed by atoms with van der Waals surface area (Å²) in [6.45, 7) is 3.32. The van der Waals surface area contributed by atoms with E-state index < -0.39 is 0 Å². The van der Waals surface area contributed by atoms with Crippen molar-refractivity contribution in [3.8, 4) is 0 Å². The van der Waals surface area contributed by atoms with E-state index in [1.165, 1.54) is 0 Å². The van der Waals surface area contributed by atoms with Gasteiger partial charge in [0.05, 0.1) is 6.10 Å². The summed E-state index contributed by atoms with van der Waals surface area (Å²) in [7, 11) is 0. The minimum Gasteiger partial charge on any atom is -0.378 e. The van der Waals surface area contributed by atoms with Crippen molar-refractivity contribution >= 4 is 5.91 Å². The van der Waals surface area contributed by atoms with Crippen molar-refractivity contribution in [2.24, 2.45) is 5.73 Å². The van der Waals surface area contributed by atoms with Gasteiger partial charge in [-0.05, 0) is 44.4 Å². The maximum atomic E-state index is 12.3. The highest BCUT2D eigenvalue weighted by Gasteiger charge is 2.22. The second-order valence-electron chi connectivity index (χ2n) is 5.07. The van der Waals surface area contributed by atoms with Crippen molar-refractivity contribution in [1.29, 1.82) is 0 Å². The predicted molar refractivity (Wildman–Crippen MR) is 75.1 cm³/mol. The van der Waals surface area contributed by atoms with Crippen LogP contribution >= 0.6 is 0 Å². The van der Waals surface area contributed by atoms with E-state index in [9.17, 15) is 4.79 Å². The molecule has 1 heterocycles. The molecule has 0 aliphatic carbocycles. The molecule has 1 aromatic rings. The first-order chi connectivity index (χ1) is 9.20. The fourth-order valence-electron chi connectivity index (χ4n) is 2.51. The van der Waals surface area contributed by atoms with Crippen LogP contribution in [0.5, 0.6) is 0 Å². The topological polar surface area (TPSA) is 64.4 Å². The lowest BCUT2D eigenvalue weighted by molar-refractivity contribution is 0.0136. The number of nitrogens with one attached hydrogen (secondary N) is 1. The lowest BCUT2D eigenvalue weighted by Gasteiger charge is -2.28. The van der Waals surface area contributed by atoms with E-state index >= 15 is 0 Å². The highest BCUT2D eigenvalue weighted by atomic mass is 16.5. The van der Waals surface area contributed by atoms with Crippen LogP contribution in [0.2, 0.25) is 0 Å². The van der Waals surface area contributed by atoms with E-state index in [1.807, 2.05) is 31.2 Å². The summed E-state index contributed by atoms with van der Waals surface area (Å²) in [4.78, 5) is 12.3. The average molecular weight is 262 g/mol. The minimum absolute atomic E-state index is 0.00292. The van der Waals surface area contributed by atoms with E-state index in [1.54, 1.807) is 0 Å². The van der Waals surface area contributed by atoms with Crippen molar-refractivity contribution in [2.75, 3.05) is 13.2 Å². The van der Waals surface area contributed by atoms with E-state index in [0.29, 0.717) is 6.54 Å². The van der Waals surface area contributed by atoms with Gasteiger partial charge in [-0.25, -0.2) is 0 Å². The Morgan fingerprint density at radius 3 is 3.00 bits per heavy atom. The zero-order valence-electron chi connectivity index (χ0n) is 11.4. The third kappa shape index (κ3) is 3.78. The molecule has 0 spiro atoms. The summed E-state index contributed by atoms with van der Waals surface area (Å²) in [5.74, 6) is 0.00292. The molecule has 3 N–H and O–H groups in total. The van der Waals surface area contributed by atoms with Crippen LogP contribution in [0.4, 0.5) is 0 Å². The Kier molecular flexibility index (Phi) is 4.93. The number of carbonyl (C=O) groups excluding carboxylic acids is 1. The number of carbonyl (C=O) groups is 1. The van der Waals surface area contributed by atoms with Crippen LogP contribution < -0.4 is 11.1 Å². The quantitative estimate of drug-likeness (QED) is 0.864. The molecule has 4 heteroatoms. The molecule has 104 valence electrons. The number of hydrogen-bond acceptors (Lipinski definition) is 3. The van der Waals surface area contributed by atoms with Gasteiger partial charge >= 0.3 is 0 Å². The molecule has 0 bridgehead atoms. The van der Waals surface area contributed by atoms with Crippen molar-refractivity contribution in [1.82, 2.24) is 5.32 Å². The fourth-order valence-corrected chi connectivity index (χ4v) is 2.51. The average Bonchev–Trinajstić information content (AvgIpc) is 2.39. The largest absolute Gasteiger partial charge is 0.378 e. The van der Waals surface area contributed by atoms with Crippen LogP contribution in [0, 0.1) is 0 Å². The van der Waals surface area contributed by atoms with Gasteiger partial charge in [-0.1, -0.05) is 18.2 Å². The molecule has 1 aliphatic rings. The summed E-state index contributed by atoms with van der Waals surface area (Å²) in [5.41, 5.74) is 7.34. The molecule has 0 radical (unpaired) electrons. The van der Waals surface area contributed by atoms with Gasteiger partial charge in [-0.15, -0.1) is 0 Å². The first-order valence-corrected chi connectivity index (χ1v) is 6.91. The number of rotatable bonds is 4. The van der Waals surface area contributed by atoms with Gasteiger partial charge in [0.2, 0.25) is 0 Å². The van der Waals surface area contributed by atoms with Gasteiger partial charge in [-0.2, -0.15) is 0 Å². The first kappa shape index (κ1) is 14.0. The van der Waals surface area contributed by atoms with Crippen LogP contribution in [-0.2, 0) is 11.2 Å². The normalized spacial score (nSPS) is 23.1. The van der Waals surface area contributed by atoms with E-state index in [2.05, 4.69) is 5.32 Å². The zero-order valence-corrected chi connectivity index (χ0v) is 11.4. The predicted octanol–water partition coefficient (Wildman–Crippen LogP) is 1.49. The fraction of sp³-hybridized carbons (Fsp3) is 0.533. The van der Waals surface area contributed by atoms with Gasteiger partial charge in [-0.3, -0.25) is 4.79 Å². The number of ether oxygens (including phenoxy) is 1. The van der Waals surface area contributed by atoms with Gasteiger partial charge in [0.1, 0.15) is 0 Å². The Balaban J connectivity index is 2.03. The molecule has 2 unspecified atom stereocenters. The SMILES string of the molecule is CC1CC(NC(=O)c2ccccc2CCN)CCO1. The molecule has 0 aromatic heterocycles. The maximum Gasteiger partial charge on any atom is 0.251 e. The van der Waals surface area contributed by atoms with Crippen molar-refractivity contribution in [2.45, 2.75) is 38.3 Å². The Labute approximate surface area is 114 Å². The van der Waals surface area contributed by atoms with E-state index in [0.717, 1.165) is 37.0 Å². The van der Waals surface area contributed by atoms with Crippen molar-refractivity contribution in [3.63, 3.8) is 0 Å². The molecule has 2 atom stereocenters. The summed E-state index contributed by atoms with van der Waals surface area (Å²) in [6.07, 6.45) is 2.71. The molecule has 1 aromatic carbocycles. The van der Waals surface area contributed by atoms with Crippen LogP contribution in [0.15, 0.2) is 24.3 Å². The molecule has 19 heavy (non-hydrogen) atoms. The smallest absolute Gasteiger partial charge is 0.251 e. The number of hydrogen-bond donors (Lipinski definition) is 2. The van der Waals surface area contributed by atoms with Gasteiger partial charge in [0.25, 0.3) is 5.91 Å². The Hall–Kier alpha value is -1.39. The highest BCUT2D eigenvalue weighted by Crippen LogP contribution is 2.15. The number of amides is 1. The molecular formula is C15H22N2O2. The van der Waals surface area contributed by atoms with Crippen LogP contribution in [-0.4, -0.2) is 31.2 Å². The van der Waals surface area contributed by atoms with Crippen LogP contribution in [0.1, 0.15) is 35.7 Å². The lowest BCUT2D eigenvalue weighted by Crippen LogP contribution is -2.41. The van der Waals surface area contributed by atoms with Crippen LogP contribution in [0.25, 0.3) is 0 Å². The van der Waals surface area contributed by atoms with E-state index in [4.69, 9.17) is 10.5 Å². The summed E-state index contributed by atoms with van der Waals surface area (Å²) in [6, 6.07) is 7.87. The molecule has 0 saturated carbocycles. The second kappa shape index (κ2) is 6.68. The third-order valence-electron chi connectivity index (χ3n) is 3.50. The van der Waals surface area contributed by atoms with Gasteiger partial charge in [0.15, 0.2) is 0 Å². The molecular weight excluding hydrogens is 240 g/mol. The van der Waals surface area contributed by atoms with Crippen molar-refractivity contribution in [3.05, 3.63) is 35.4 Å². The molecule has 1 fully saturated rings. The van der Waals surface area contributed by atoms with Crippen LogP contribution in [0.3, 0.4) is 0 Å². The molecule has 1 aliphatic heterocycles. The molecule has 2 rings (SSSR count).